The molecule has 0 aliphatic rings. The molecule has 0 saturated carbocycles. The molecule has 0 spiro atoms. The van der Waals surface area contributed by atoms with Gasteiger partial charge in [0.25, 0.3) is 0 Å². The molecule has 0 unspecified atom stereocenters. The first-order chi connectivity index (χ1) is 9.81. The highest BCUT2D eigenvalue weighted by Crippen LogP contribution is 2.22. The Hall–Kier alpha value is -1.02. The maximum Gasteiger partial charge on any atom is 0.240 e. The first-order valence-corrected chi connectivity index (χ1v) is 8.34. The number of rotatable bonds is 4. The molecule has 0 aliphatic carbocycles. The van der Waals surface area contributed by atoms with Gasteiger partial charge in [-0.2, -0.15) is 0 Å². The van der Waals surface area contributed by atoms with Gasteiger partial charge in [0.1, 0.15) is 11.6 Å². The predicted octanol–water partition coefficient (Wildman–Crippen LogP) is 3.86. The lowest BCUT2D eigenvalue weighted by atomic mass is 10.2. The highest BCUT2D eigenvalue weighted by atomic mass is 79.9. The fraction of sp³-hybridized carbons (Fsp3) is 0.0769. The lowest BCUT2D eigenvalue weighted by Crippen LogP contribution is -2.24. The lowest BCUT2D eigenvalue weighted by Gasteiger charge is -2.09. The van der Waals surface area contributed by atoms with Gasteiger partial charge in [-0.05, 0) is 30.3 Å². The van der Waals surface area contributed by atoms with Gasteiger partial charge < -0.3 is 0 Å². The highest BCUT2D eigenvalue weighted by molar-refractivity contribution is 9.10. The number of nitrogens with one attached hydrogen (secondary N) is 1. The molecule has 1 N–H and O–H groups in total. The minimum atomic E-state index is -3.88. The largest absolute Gasteiger partial charge is 0.240 e. The molecule has 0 amide bonds. The van der Waals surface area contributed by atoms with E-state index in [1.165, 1.54) is 12.1 Å². The molecule has 0 bridgehead atoms. The van der Waals surface area contributed by atoms with E-state index in [9.17, 15) is 17.2 Å². The van der Waals surface area contributed by atoms with E-state index in [0.717, 1.165) is 12.1 Å². The van der Waals surface area contributed by atoms with Gasteiger partial charge >= 0.3 is 0 Å². The maximum absolute atomic E-state index is 13.7. The quantitative estimate of drug-likeness (QED) is 0.798. The fourth-order valence-electron chi connectivity index (χ4n) is 1.62. The molecular weight excluding hydrogens is 388 g/mol. The highest BCUT2D eigenvalue weighted by Gasteiger charge is 2.18. The molecule has 0 saturated heterocycles. The first kappa shape index (κ1) is 16.4. The third-order valence-electron chi connectivity index (χ3n) is 2.68. The Morgan fingerprint density at radius 3 is 2.57 bits per heavy atom. The van der Waals surface area contributed by atoms with E-state index in [0.29, 0.717) is 4.47 Å². The van der Waals surface area contributed by atoms with E-state index in [-0.39, 0.29) is 9.92 Å². The summed E-state index contributed by atoms with van der Waals surface area (Å²) in [7, 11) is -3.88. The Morgan fingerprint density at radius 1 is 1.19 bits per heavy atom. The van der Waals surface area contributed by atoms with Crippen LogP contribution in [0.25, 0.3) is 0 Å². The third kappa shape index (κ3) is 3.79. The number of benzene rings is 2. The standard InChI is InChI=1S/C13H9BrClF2NO2S/c14-8-2-1-3-9(6-8)21(19,20)18-7-10-12(16)5-4-11(15)13(10)17/h1-6,18H,7H2. The second-order valence-electron chi connectivity index (χ2n) is 4.10. The normalized spacial score (nSPS) is 11.6. The van der Waals surface area contributed by atoms with Crippen LogP contribution in [0.3, 0.4) is 0 Å². The van der Waals surface area contributed by atoms with Crippen LogP contribution in [0.1, 0.15) is 5.56 Å². The van der Waals surface area contributed by atoms with Crippen molar-refractivity contribution in [2.75, 3.05) is 0 Å². The summed E-state index contributed by atoms with van der Waals surface area (Å²) >= 11 is 8.70. The molecule has 112 valence electrons. The molecule has 0 fully saturated rings. The van der Waals surface area contributed by atoms with E-state index in [2.05, 4.69) is 20.7 Å². The predicted molar refractivity (Wildman–Crippen MR) is 79.5 cm³/mol. The Morgan fingerprint density at radius 2 is 1.90 bits per heavy atom. The van der Waals surface area contributed by atoms with Gasteiger partial charge in [-0.3, -0.25) is 0 Å². The van der Waals surface area contributed by atoms with Crippen molar-refractivity contribution < 1.29 is 17.2 Å². The van der Waals surface area contributed by atoms with Gasteiger partial charge in [0.15, 0.2) is 0 Å². The topological polar surface area (TPSA) is 46.2 Å². The zero-order valence-corrected chi connectivity index (χ0v) is 13.6. The van der Waals surface area contributed by atoms with Crippen LogP contribution in [-0.2, 0) is 16.6 Å². The minimum Gasteiger partial charge on any atom is -0.207 e. The van der Waals surface area contributed by atoms with E-state index >= 15 is 0 Å². The van der Waals surface area contributed by atoms with E-state index in [1.54, 1.807) is 12.1 Å². The van der Waals surface area contributed by atoms with Crippen molar-refractivity contribution in [2.24, 2.45) is 0 Å². The summed E-state index contributed by atoms with van der Waals surface area (Å²) in [4.78, 5) is -0.0141. The summed E-state index contributed by atoms with van der Waals surface area (Å²) in [6, 6.07) is 8.01. The van der Waals surface area contributed by atoms with Gasteiger partial charge in [0.2, 0.25) is 10.0 Å². The Balaban J connectivity index is 2.26. The van der Waals surface area contributed by atoms with Crippen molar-refractivity contribution >= 4 is 37.6 Å². The van der Waals surface area contributed by atoms with Crippen LogP contribution < -0.4 is 4.72 Å². The summed E-state index contributed by atoms with van der Waals surface area (Å²) in [5.41, 5.74) is -0.430. The zero-order valence-electron chi connectivity index (χ0n) is 10.4. The summed E-state index contributed by atoms with van der Waals surface area (Å²) in [6.45, 7) is -0.535. The lowest BCUT2D eigenvalue weighted by molar-refractivity contribution is 0.544. The Labute approximate surface area is 134 Å². The zero-order chi connectivity index (χ0) is 15.6. The summed E-state index contributed by atoms with van der Waals surface area (Å²) in [6.07, 6.45) is 0. The SMILES string of the molecule is O=S(=O)(NCc1c(F)ccc(Cl)c1F)c1cccc(Br)c1. The molecule has 0 radical (unpaired) electrons. The number of sulfonamides is 1. The average molecular weight is 397 g/mol. The molecule has 0 atom stereocenters. The molecule has 2 aromatic carbocycles. The van der Waals surface area contributed by atoms with Crippen molar-refractivity contribution in [3.8, 4) is 0 Å². The van der Waals surface area contributed by atoms with E-state index in [4.69, 9.17) is 11.6 Å². The molecular formula is C13H9BrClF2NO2S. The number of halogens is 4. The van der Waals surface area contributed by atoms with Gasteiger partial charge in [0, 0.05) is 16.6 Å². The minimum absolute atomic E-state index is 0.0141. The van der Waals surface area contributed by atoms with Crippen LogP contribution in [0, 0.1) is 11.6 Å². The summed E-state index contributed by atoms with van der Waals surface area (Å²) < 4.78 is 54.0. The van der Waals surface area contributed by atoms with Crippen LogP contribution in [-0.4, -0.2) is 8.42 Å². The molecule has 21 heavy (non-hydrogen) atoms. The van der Waals surface area contributed by atoms with Crippen molar-refractivity contribution in [1.82, 2.24) is 4.72 Å². The first-order valence-electron chi connectivity index (χ1n) is 5.69. The Kier molecular flexibility index (Phi) is 4.98. The average Bonchev–Trinajstić information content (AvgIpc) is 2.43. The van der Waals surface area contributed by atoms with E-state index in [1.807, 2.05) is 0 Å². The molecule has 2 rings (SSSR count). The smallest absolute Gasteiger partial charge is 0.207 e. The molecule has 0 heterocycles. The van der Waals surface area contributed by atoms with Crippen molar-refractivity contribution in [1.29, 1.82) is 0 Å². The number of hydrogen-bond donors (Lipinski definition) is 1. The molecule has 3 nitrogen and oxygen atoms in total. The summed E-state index contributed by atoms with van der Waals surface area (Å²) in [5.74, 6) is -1.84. The van der Waals surface area contributed by atoms with Crippen molar-refractivity contribution in [3.05, 3.63) is 63.1 Å². The van der Waals surface area contributed by atoms with Gasteiger partial charge in [0.05, 0.1) is 9.92 Å². The van der Waals surface area contributed by atoms with Crippen LogP contribution in [0.15, 0.2) is 45.8 Å². The van der Waals surface area contributed by atoms with Gasteiger partial charge in [-0.25, -0.2) is 21.9 Å². The van der Waals surface area contributed by atoms with Crippen molar-refractivity contribution in [3.63, 3.8) is 0 Å². The number of hydrogen-bond acceptors (Lipinski definition) is 2. The van der Waals surface area contributed by atoms with Gasteiger partial charge in [-0.1, -0.05) is 33.6 Å². The third-order valence-corrected chi connectivity index (χ3v) is 4.87. The monoisotopic (exact) mass is 395 g/mol. The van der Waals surface area contributed by atoms with Crippen LogP contribution in [0.5, 0.6) is 0 Å². The fourth-order valence-corrected chi connectivity index (χ4v) is 3.38. The second kappa shape index (κ2) is 6.39. The Bertz CT molecular complexity index is 784. The molecule has 8 heteroatoms. The molecule has 0 aromatic heterocycles. The van der Waals surface area contributed by atoms with Crippen LogP contribution in [0.2, 0.25) is 5.02 Å². The van der Waals surface area contributed by atoms with Gasteiger partial charge in [-0.15, -0.1) is 0 Å². The van der Waals surface area contributed by atoms with Crippen molar-refractivity contribution in [2.45, 2.75) is 11.4 Å². The maximum atomic E-state index is 13.7. The van der Waals surface area contributed by atoms with Crippen LogP contribution >= 0.6 is 27.5 Å². The molecule has 2 aromatic rings. The van der Waals surface area contributed by atoms with E-state index < -0.39 is 33.8 Å². The summed E-state index contributed by atoms with van der Waals surface area (Å²) in [5, 5.41) is -0.270. The second-order valence-corrected chi connectivity index (χ2v) is 7.19. The molecule has 0 aliphatic heterocycles. The van der Waals surface area contributed by atoms with Crippen LogP contribution in [0.4, 0.5) is 8.78 Å².